The van der Waals surface area contributed by atoms with Crippen LogP contribution in [0.25, 0.3) is 0 Å². The Hall–Kier alpha value is -0.180. The fraction of sp³-hybridized carbons (Fsp3) is 0.909. The summed E-state index contributed by atoms with van der Waals surface area (Å²) in [4.78, 5) is 10.5. The van der Waals surface area contributed by atoms with Crippen molar-refractivity contribution in [2.75, 3.05) is 0 Å². The Morgan fingerprint density at radius 1 is 1.57 bits per heavy atom. The SMILES string of the molecule is CC1CCCC(SC(C)CC(=O)O)C1. The van der Waals surface area contributed by atoms with Crippen LogP contribution >= 0.6 is 11.8 Å². The van der Waals surface area contributed by atoms with Crippen LogP contribution < -0.4 is 0 Å². The molecule has 3 heteroatoms. The van der Waals surface area contributed by atoms with Crippen molar-refractivity contribution in [3.63, 3.8) is 0 Å². The number of hydrogen-bond donors (Lipinski definition) is 1. The molecule has 0 aliphatic heterocycles. The van der Waals surface area contributed by atoms with Gasteiger partial charge in [0.2, 0.25) is 0 Å². The van der Waals surface area contributed by atoms with Crippen molar-refractivity contribution in [1.82, 2.24) is 0 Å². The van der Waals surface area contributed by atoms with Crippen LogP contribution in [0.1, 0.15) is 46.0 Å². The molecule has 0 aromatic rings. The molecule has 1 fully saturated rings. The Morgan fingerprint density at radius 2 is 2.29 bits per heavy atom. The molecular weight excluding hydrogens is 196 g/mol. The highest BCUT2D eigenvalue weighted by Crippen LogP contribution is 2.34. The van der Waals surface area contributed by atoms with Crippen LogP contribution in [-0.2, 0) is 4.79 Å². The lowest BCUT2D eigenvalue weighted by atomic mass is 9.91. The molecule has 14 heavy (non-hydrogen) atoms. The molecule has 0 spiro atoms. The molecule has 1 aliphatic carbocycles. The third-order valence-electron chi connectivity index (χ3n) is 2.78. The molecular formula is C11H20O2S. The maximum absolute atomic E-state index is 10.5. The van der Waals surface area contributed by atoms with Crippen LogP contribution in [0.5, 0.6) is 0 Å². The number of carboxylic acids is 1. The molecule has 0 aromatic carbocycles. The average Bonchev–Trinajstić information content (AvgIpc) is 2.01. The molecule has 0 amide bonds. The summed E-state index contributed by atoms with van der Waals surface area (Å²) >= 11 is 1.87. The predicted molar refractivity (Wildman–Crippen MR) is 60.7 cm³/mol. The van der Waals surface area contributed by atoms with Gasteiger partial charge in [0, 0.05) is 10.5 Å². The molecule has 2 nitrogen and oxygen atoms in total. The first-order valence-corrected chi connectivity index (χ1v) is 6.39. The van der Waals surface area contributed by atoms with Crippen molar-refractivity contribution in [3.8, 4) is 0 Å². The lowest BCUT2D eigenvalue weighted by molar-refractivity contribution is -0.136. The van der Waals surface area contributed by atoms with Gasteiger partial charge in [-0.3, -0.25) is 4.79 Å². The Bertz CT molecular complexity index is 194. The largest absolute Gasteiger partial charge is 0.481 e. The fourth-order valence-electron chi connectivity index (χ4n) is 2.12. The van der Waals surface area contributed by atoms with Gasteiger partial charge in [0.1, 0.15) is 0 Å². The van der Waals surface area contributed by atoms with Gasteiger partial charge in [-0.2, -0.15) is 11.8 Å². The second-order valence-electron chi connectivity index (χ2n) is 4.44. The normalized spacial score (nSPS) is 29.9. The molecule has 1 aliphatic rings. The highest BCUT2D eigenvalue weighted by molar-refractivity contribution is 8.00. The van der Waals surface area contributed by atoms with Gasteiger partial charge in [-0.25, -0.2) is 0 Å². The first-order valence-electron chi connectivity index (χ1n) is 5.45. The van der Waals surface area contributed by atoms with E-state index < -0.39 is 5.97 Å². The zero-order valence-electron chi connectivity index (χ0n) is 9.03. The van der Waals surface area contributed by atoms with Gasteiger partial charge in [0.25, 0.3) is 0 Å². The molecule has 1 N–H and O–H groups in total. The van der Waals surface area contributed by atoms with E-state index in [0.717, 1.165) is 5.92 Å². The van der Waals surface area contributed by atoms with Gasteiger partial charge in [-0.05, 0) is 18.8 Å². The summed E-state index contributed by atoms with van der Waals surface area (Å²) in [6.45, 7) is 4.33. The Morgan fingerprint density at radius 3 is 2.86 bits per heavy atom. The van der Waals surface area contributed by atoms with Crippen LogP contribution in [0.4, 0.5) is 0 Å². The van der Waals surface area contributed by atoms with Crippen molar-refractivity contribution in [2.24, 2.45) is 5.92 Å². The molecule has 3 unspecified atom stereocenters. The van der Waals surface area contributed by atoms with E-state index in [1.807, 2.05) is 18.7 Å². The van der Waals surface area contributed by atoms with E-state index in [0.29, 0.717) is 11.7 Å². The first kappa shape index (κ1) is 11.9. The van der Waals surface area contributed by atoms with Crippen molar-refractivity contribution in [1.29, 1.82) is 0 Å². The second kappa shape index (κ2) is 5.64. The quantitative estimate of drug-likeness (QED) is 0.784. The van der Waals surface area contributed by atoms with E-state index in [1.54, 1.807) is 0 Å². The second-order valence-corrected chi connectivity index (χ2v) is 6.18. The topological polar surface area (TPSA) is 37.3 Å². The Kier molecular flexibility index (Phi) is 4.79. The molecule has 0 bridgehead atoms. The Labute approximate surface area is 90.5 Å². The van der Waals surface area contributed by atoms with Crippen molar-refractivity contribution < 1.29 is 9.90 Å². The van der Waals surface area contributed by atoms with E-state index in [9.17, 15) is 4.79 Å². The van der Waals surface area contributed by atoms with E-state index in [2.05, 4.69) is 6.92 Å². The van der Waals surface area contributed by atoms with Gasteiger partial charge < -0.3 is 5.11 Å². The molecule has 0 heterocycles. The number of hydrogen-bond acceptors (Lipinski definition) is 2. The van der Waals surface area contributed by atoms with Crippen LogP contribution in [0, 0.1) is 5.92 Å². The summed E-state index contributed by atoms with van der Waals surface area (Å²) < 4.78 is 0. The van der Waals surface area contributed by atoms with Gasteiger partial charge in [0.05, 0.1) is 6.42 Å². The highest BCUT2D eigenvalue weighted by Gasteiger charge is 2.21. The molecule has 1 rings (SSSR count). The minimum atomic E-state index is -0.672. The van der Waals surface area contributed by atoms with Gasteiger partial charge in [-0.15, -0.1) is 0 Å². The Balaban J connectivity index is 2.25. The number of rotatable bonds is 4. The third-order valence-corrected chi connectivity index (χ3v) is 4.22. The van der Waals surface area contributed by atoms with Crippen molar-refractivity contribution >= 4 is 17.7 Å². The summed E-state index contributed by atoms with van der Waals surface area (Å²) in [6, 6.07) is 0. The molecule has 0 radical (unpaired) electrons. The summed E-state index contributed by atoms with van der Waals surface area (Å²) in [7, 11) is 0. The van der Waals surface area contributed by atoms with E-state index in [-0.39, 0.29) is 5.25 Å². The third kappa shape index (κ3) is 4.36. The molecule has 0 saturated heterocycles. The van der Waals surface area contributed by atoms with E-state index in [1.165, 1.54) is 25.7 Å². The number of thioether (sulfide) groups is 1. The first-order chi connectivity index (χ1) is 6.58. The van der Waals surface area contributed by atoms with E-state index >= 15 is 0 Å². The maximum Gasteiger partial charge on any atom is 0.304 e. The smallest absolute Gasteiger partial charge is 0.304 e. The van der Waals surface area contributed by atoms with Crippen LogP contribution in [0.3, 0.4) is 0 Å². The molecule has 0 aromatic heterocycles. The minimum Gasteiger partial charge on any atom is -0.481 e. The van der Waals surface area contributed by atoms with Crippen molar-refractivity contribution in [2.45, 2.75) is 56.5 Å². The van der Waals surface area contributed by atoms with E-state index in [4.69, 9.17) is 5.11 Å². The van der Waals surface area contributed by atoms with Crippen molar-refractivity contribution in [3.05, 3.63) is 0 Å². The minimum absolute atomic E-state index is 0.266. The molecule has 1 saturated carbocycles. The van der Waals surface area contributed by atoms with Gasteiger partial charge in [-0.1, -0.05) is 26.7 Å². The summed E-state index contributed by atoms with van der Waals surface area (Å²) in [6.07, 6.45) is 5.52. The number of carboxylic acid groups (broad SMARTS) is 1. The standard InChI is InChI=1S/C11H20O2S/c1-8-4-3-5-10(6-8)14-9(2)7-11(12)13/h8-10H,3-7H2,1-2H3,(H,12,13). The van der Waals surface area contributed by atoms with Crippen LogP contribution in [0.15, 0.2) is 0 Å². The van der Waals surface area contributed by atoms with Gasteiger partial charge in [0.15, 0.2) is 0 Å². The lowest BCUT2D eigenvalue weighted by Gasteiger charge is -2.27. The van der Waals surface area contributed by atoms with Crippen LogP contribution in [-0.4, -0.2) is 21.6 Å². The lowest BCUT2D eigenvalue weighted by Crippen LogP contribution is -2.18. The predicted octanol–water partition coefficient (Wildman–Crippen LogP) is 3.16. The molecule has 82 valence electrons. The zero-order valence-corrected chi connectivity index (χ0v) is 9.85. The maximum atomic E-state index is 10.5. The molecule has 3 atom stereocenters. The zero-order chi connectivity index (χ0) is 10.6. The van der Waals surface area contributed by atoms with Gasteiger partial charge >= 0.3 is 5.97 Å². The number of aliphatic carboxylic acids is 1. The summed E-state index contributed by atoms with van der Waals surface area (Å²) in [5.74, 6) is 0.159. The average molecular weight is 216 g/mol. The van der Waals surface area contributed by atoms with Crippen LogP contribution in [0.2, 0.25) is 0 Å². The fourth-order valence-corrected chi connectivity index (χ4v) is 3.76. The number of carbonyl (C=O) groups is 1. The monoisotopic (exact) mass is 216 g/mol. The summed E-state index contributed by atoms with van der Waals surface area (Å²) in [5, 5.41) is 9.62. The summed E-state index contributed by atoms with van der Waals surface area (Å²) in [5.41, 5.74) is 0. The highest BCUT2D eigenvalue weighted by atomic mass is 32.2.